The molecule has 0 radical (unpaired) electrons. The van der Waals surface area contributed by atoms with Crippen molar-refractivity contribution in [2.45, 2.75) is 56.7 Å². The average Bonchev–Trinajstić information content (AvgIpc) is 2.15. The summed E-state index contributed by atoms with van der Waals surface area (Å²) in [6.45, 7) is 2.51. The van der Waals surface area contributed by atoms with E-state index in [1.165, 1.54) is 0 Å². The minimum Gasteiger partial charge on any atom is -0.390 e. The van der Waals surface area contributed by atoms with Gasteiger partial charge in [0.25, 0.3) is 0 Å². The number of ether oxygens (including phenoxy) is 2. The molecule has 0 saturated carbocycles. The molecule has 4 atom stereocenters. The second-order valence-corrected chi connectivity index (χ2v) is 4.29. The van der Waals surface area contributed by atoms with E-state index in [1.807, 2.05) is 6.92 Å². The van der Waals surface area contributed by atoms with E-state index in [1.54, 1.807) is 0 Å². The van der Waals surface area contributed by atoms with E-state index in [0.717, 1.165) is 12.8 Å². The van der Waals surface area contributed by atoms with Crippen LogP contribution in [0.2, 0.25) is 0 Å². The maximum atomic E-state index is 9.87. The molecule has 2 saturated heterocycles. The second kappa shape index (κ2) is 3.77. The predicted octanol–water partition coefficient (Wildman–Crippen LogP) is 0.414. The molecule has 0 bridgehead atoms. The van der Waals surface area contributed by atoms with Gasteiger partial charge in [-0.1, -0.05) is 0 Å². The maximum Gasteiger partial charge on any atom is 0.197 e. The minimum atomic E-state index is -0.935. The first kappa shape index (κ1) is 10.4. The molecule has 0 unspecified atom stereocenters. The Morgan fingerprint density at radius 1 is 1.29 bits per heavy atom. The fourth-order valence-corrected chi connectivity index (χ4v) is 2.34. The van der Waals surface area contributed by atoms with Crippen molar-refractivity contribution in [1.82, 2.24) is 0 Å². The van der Waals surface area contributed by atoms with E-state index < -0.39 is 18.0 Å². The van der Waals surface area contributed by atoms with E-state index in [4.69, 9.17) is 9.47 Å². The van der Waals surface area contributed by atoms with Gasteiger partial charge in [0.2, 0.25) is 0 Å². The van der Waals surface area contributed by atoms with Gasteiger partial charge in [-0.15, -0.1) is 0 Å². The Kier molecular flexibility index (Phi) is 2.79. The SMILES string of the molecule is C[C@H]1C[C@@H](O)[C@@H](O)[C@@]2(CCCCO2)O1. The minimum absolute atomic E-state index is 0.0495. The molecule has 4 nitrogen and oxygen atoms in total. The lowest BCUT2D eigenvalue weighted by Gasteiger charge is -2.47. The molecule has 2 fully saturated rings. The first-order chi connectivity index (χ1) is 6.64. The van der Waals surface area contributed by atoms with Crippen molar-refractivity contribution in [1.29, 1.82) is 0 Å². The van der Waals surface area contributed by atoms with Crippen LogP contribution in [0, 0.1) is 0 Å². The summed E-state index contributed by atoms with van der Waals surface area (Å²) >= 11 is 0. The first-order valence-corrected chi connectivity index (χ1v) is 5.32. The van der Waals surface area contributed by atoms with Crippen molar-refractivity contribution >= 4 is 0 Å². The molecule has 1 spiro atoms. The number of aliphatic hydroxyl groups is 2. The van der Waals surface area contributed by atoms with Crippen molar-refractivity contribution in [3.05, 3.63) is 0 Å². The van der Waals surface area contributed by atoms with Crippen LogP contribution in [0.15, 0.2) is 0 Å². The van der Waals surface area contributed by atoms with Crippen molar-refractivity contribution in [3.8, 4) is 0 Å². The average molecular weight is 202 g/mol. The molecule has 2 aliphatic rings. The van der Waals surface area contributed by atoms with Gasteiger partial charge in [-0.3, -0.25) is 0 Å². The van der Waals surface area contributed by atoms with Gasteiger partial charge >= 0.3 is 0 Å². The summed E-state index contributed by atoms with van der Waals surface area (Å²) in [6.07, 6.45) is 1.46. The van der Waals surface area contributed by atoms with E-state index in [0.29, 0.717) is 19.4 Å². The second-order valence-electron chi connectivity index (χ2n) is 4.29. The Morgan fingerprint density at radius 3 is 2.71 bits per heavy atom. The lowest BCUT2D eigenvalue weighted by molar-refractivity contribution is -0.349. The van der Waals surface area contributed by atoms with Crippen LogP contribution in [0.4, 0.5) is 0 Å². The fourth-order valence-electron chi connectivity index (χ4n) is 2.34. The Balaban J connectivity index is 2.13. The molecule has 2 rings (SSSR count). The molecule has 0 aromatic rings. The third-order valence-corrected chi connectivity index (χ3v) is 3.06. The van der Waals surface area contributed by atoms with Crippen LogP contribution in [0.5, 0.6) is 0 Å². The van der Waals surface area contributed by atoms with Crippen molar-refractivity contribution in [2.75, 3.05) is 6.61 Å². The van der Waals surface area contributed by atoms with Crippen LogP contribution < -0.4 is 0 Å². The van der Waals surface area contributed by atoms with Gasteiger partial charge in [-0.05, 0) is 19.8 Å². The summed E-state index contributed by atoms with van der Waals surface area (Å²) in [7, 11) is 0. The largest absolute Gasteiger partial charge is 0.390 e. The van der Waals surface area contributed by atoms with E-state index in [-0.39, 0.29) is 6.10 Å². The van der Waals surface area contributed by atoms with Crippen molar-refractivity contribution < 1.29 is 19.7 Å². The molecule has 82 valence electrons. The highest BCUT2D eigenvalue weighted by molar-refractivity contribution is 4.92. The van der Waals surface area contributed by atoms with Gasteiger partial charge in [0, 0.05) is 12.8 Å². The lowest BCUT2D eigenvalue weighted by Crippen LogP contribution is -2.60. The predicted molar refractivity (Wildman–Crippen MR) is 49.7 cm³/mol. The Morgan fingerprint density at radius 2 is 2.07 bits per heavy atom. The molecular formula is C10H18O4. The highest BCUT2D eigenvalue weighted by atomic mass is 16.7. The molecule has 0 aromatic carbocycles. The molecule has 4 heteroatoms. The zero-order valence-electron chi connectivity index (χ0n) is 8.48. The third-order valence-electron chi connectivity index (χ3n) is 3.06. The zero-order valence-corrected chi connectivity index (χ0v) is 8.48. The number of aliphatic hydroxyl groups excluding tert-OH is 2. The standard InChI is InChI=1S/C10H18O4/c1-7-6-8(11)9(12)10(14-7)4-2-3-5-13-10/h7-9,11-12H,2-6H2,1H3/t7-,8+,9+,10+/m0/s1. The molecule has 0 aliphatic carbocycles. The molecule has 0 amide bonds. The van der Waals surface area contributed by atoms with E-state index in [9.17, 15) is 10.2 Å². The maximum absolute atomic E-state index is 9.87. The number of hydrogen-bond acceptors (Lipinski definition) is 4. The van der Waals surface area contributed by atoms with Crippen LogP contribution in [0.1, 0.15) is 32.6 Å². The van der Waals surface area contributed by atoms with E-state index in [2.05, 4.69) is 0 Å². The molecule has 2 heterocycles. The van der Waals surface area contributed by atoms with Crippen LogP contribution in [-0.4, -0.2) is 40.9 Å². The molecule has 0 aromatic heterocycles. The summed E-state index contributed by atoms with van der Waals surface area (Å²) in [5.41, 5.74) is 0. The van der Waals surface area contributed by atoms with Gasteiger partial charge in [-0.2, -0.15) is 0 Å². The number of hydrogen-bond donors (Lipinski definition) is 2. The van der Waals surface area contributed by atoms with Crippen LogP contribution in [0.3, 0.4) is 0 Å². The Labute approximate surface area is 83.8 Å². The first-order valence-electron chi connectivity index (χ1n) is 5.32. The van der Waals surface area contributed by atoms with Gasteiger partial charge in [0.05, 0.1) is 18.8 Å². The summed E-state index contributed by atoms with van der Waals surface area (Å²) in [5.74, 6) is -0.935. The lowest BCUT2D eigenvalue weighted by atomic mass is 9.90. The van der Waals surface area contributed by atoms with Crippen molar-refractivity contribution in [2.24, 2.45) is 0 Å². The molecule has 14 heavy (non-hydrogen) atoms. The van der Waals surface area contributed by atoms with Crippen molar-refractivity contribution in [3.63, 3.8) is 0 Å². The van der Waals surface area contributed by atoms with Gasteiger partial charge in [0.1, 0.15) is 6.10 Å². The smallest absolute Gasteiger partial charge is 0.197 e. The molecule has 2 aliphatic heterocycles. The van der Waals surface area contributed by atoms with Crippen LogP contribution in [0.25, 0.3) is 0 Å². The zero-order chi connectivity index (χ0) is 10.2. The molecule has 2 N–H and O–H groups in total. The highest BCUT2D eigenvalue weighted by Gasteiger charge is 2.49. The van der Waals surface area contributed by atoms with E-state index >= 15 is 0 Å². The Hall–Kier alpha value is -0.160. The monoisotopic (exact) mass is 202 g/mol. The Bertz CT molecular complexity index is 200. The summed E-state index contributed by atoms with van der Waals surface area (Å²) in [6, 6.07) is 0. The summed E-state index contributed by atoms with van der Waals surface area (Å²) in [5, 5.41) is 19.5. The topological polar surface area (TPSA) is 58.9 Å². The highest BCUT2D eigenvalue weighted by Crippen LogP contribution is 2.37. The van der Waals surface area contributed by atoms with Gasteiger partial charge in [0.15, 0.2) is 5.79 Å². The van der Waals surface area contributed by atoms with Crippen LogP contribution in [-0.2, 0) is 9.47 Å². The number of rotatable bonds is 0. The van der Waals surface area contributed by atoms with Gasteiger partial charge in [-0.25, -0.2) is 0 Å². The van der Waals surface area contributed by atoms with Crippen LogP contribution >= 0.6 is 0 Å². The third kappa shape index (κ3) is 1.67. The molecular weight excluding hydrogens is 184 g/mol. The summed E-state index contributed by atoms with van der Waals surface area (Å²) < 4.78 is 11.2. The normalized spacial score (nSPS) is 49.5. The fraction of sp³-hybridized carbons (Fsp3) is 1.00. The quantitative estimate of drug-likeness (QED) is 0.597. The van der Waals surface area contributed by atoms with Gasteiger partial charge < -0.3 is 19.7 Å². The summed E-state index contributed by atoms with van der Waals surface area (Å²) in [4.78, 5) is 0.